The SMILES string of the molecule is CCCCCCCCCCCCCCCCCCCCCCC(=O)NCCCCN. The van der Waals surface area contributed by atoms with Gasteiger partial charge in [0.25, 0.3) is 0 Å². The highest BCUT2D eigenvalue weighted by Crippen LogP contribution is 2.15. The van der Waals surface area contributed by atoms with Crippen LogP contribution >= 0.6 is 0 Å². The molecule has 0 atom stereocenters. The van der Waals surface area contributed by atoms with Crippen LogP contribution in [0.1, 0.15) is 155 Å². The maximum atomic E-state index is 11.7. The van der Waals surface area contributed by atoms with Crippen molar-refractivity contribution in [3.8, 4) is 0 Å². The summed E-state index contributed by atoms with van der Waals surface area (Å²) >= 11 is 0. The van der Waals surface area contributed by atoms with Gasteiger partial charge in [-0.25, -0.2) is 0 Å². The zero-order chi connectivity index (χ0) is 22.0. The fourth-order valence-corrected chi connectivity index (χ4v) is 4.13. The van der Waals surface area contributed by atoms with Crippen molar-refractivity contribution in [2.24, 2.45) is 5.73 Å². The molecular formula is C27H56N2O. The van der Waals surface area contributed by atoms with E-state index in [9.17, 15) is 4.79 Å². The summed E-state index contributed by atoms with van der Waals surface area (Å²) in [5, 5.41) is 2.98. The van der Waals surface area contributed by atoms with Crippen LogP contribution in [0.15, 0.2) is 0 Å². The van der Waals surface area contributed by atoms with Gasteiger partial charge in [-0.3, -0.25) is 4.79 Å². The second-order valence-electron chi connectivity index (χ2n) is 9.31. The Labute approximate surface area is 189 Å². The van der Waals surface area contributed by atoms with E-state index in [-0.39, 0.29) is 5.91 Å². The van der Waals surface area contributed by atoms with Crippen molar-refractivity contribution < 1.29 is 4.79 Å². The van der Waals surface area contributed by atoms with Gasteiger partial charge in [0.1, 0.15) is 0 Å². The zero-order valence-corrected chi connectivity index (χ0v) is 20.7. The Balaban J connectivity index is 3.07. The summed E-state index contributed by atoms with van der Waals surface area (Å²) in [7, 11) is 0. The van der Waals surface area contributed by atoms with E-state index in [2.05, 4.69) is 12.2 Å². The summed E-state index contributed by atoms with van der Waals surface area (Å²) in [4.78, 5) is 11.7. The maximum Gasteiger partial charge on any atom is 0.219 e. The molecule has 0 saturated carbocycles. The van der Waals surface area contributed by atoms with E-state index >= 15 is 0 Å². The highest BCUT2D eigenvalue weighted by molar-refractivity contribution is 5.75. The molecule has 0 spiro atoms. The normalized spacial score (nSPS) is 11.1. The quantitative estimate of drug-likeness (QED) is 0.146. The molecule has 0 rings (SSSR count). The lowest BCUT2D eigenvalue weighted by Gasteiger charge is -2.05. The number of carbonyl (C=O) groups is 1. The van der Waals surface area contributed by atoms with Crippen molar-refractivity contribution >= 4 is 5.91 Å². The van der Waals surface area contributed by atoms with Gasteiger partial charge < -0.3 is 11.1 Å². The Hall–Kier alpha value is -0.570. The van der Waals surface area contributed by atoms with E-state index < -0.39 is 0 Å². The van der Waals surface area contributed by atoms with Crippen molar-refractivity contribution in [3.63, 3.8) is 0 Å². The van der Waals surface area contributed by atoms with Crippen LogP contribution in [0.5, 0.6) is 0 Å². The monoisotopic (exact) mass is 424 g/mol. The van der Waals surface area contributed by atoms with Gasteiger partial charge in [0.2, 0.25) is 5.91 Å². The Kier molecular flexibility index (Phi) is 26.0. The van der Waals surface area contributed by atoms with E-state index in [1.54, 1.807) is 0 Å². The molecule has 0 aromatic heterocycles. The Morgan fingerprint density at radius 2 is 0.900 bits per heavy atom. The molecule has 0 aliphatic rings. The minimum absolute atomic E-state index is 0.217. The van der Waals surface area contributed by atoms with Crippen molar-refractivity contribution in [1.82, 2.24) is 5.32 Å². The summed E-state index contributed by atoms with van der Waals surface area (Å²) in [6, 6.07) is 0. The number of hydrogen-bond donors (Lipinski definition) is 2. The molecule has 0 fully saturated rings. The minimum Gasteiger partial charge on any atom is -0.356 e. The number of nitrogens with one attached hydrogen (secondary N) is 1. The number of unbranched alkanes of at least 4 members (excludes halogenated alkanes) is 20. The molecule has 3 nitrogen and oxygen atoms in total. The molecule has 3 heteroatoms. The second-order valence-corrected chi connectivity index (χ2v) is 9.31. The highest BCUT2D eigenvalue weighted by Gasteiger charge is 2.00. The lowest BCUT2D eigenvalue weighted by molar-refractivity contribution is -0.121. The first-order valence-electron chi connectivity index (χ1n) is 13.8. The minimum atomic E-state index is 0.217. The van der Waals surface area contributed by atoms with Crippen molar-refractivity contribution in [1.29, 1.82) is 0 Å². The van der Waals surface area contributed by atoms with Crippen LogP contribution in [-0.4, -0.2) is 19.0 Å². The van der Waals surface area contributed by atoms with E-state index in [0.717, 1.165) is 32.4 Å². The largest absolute Gasteiger partial charge is 0.356 e. The first-order valence-corrected chi connectivity index (χ1v) is 13.8. The topological polar surface area (TPSA) is 55.1 Å². The van der Waals surface area contributed by atoms with Gasteiger partial charge in [-0.1, -0.05) is 129 Å². The molecule has 0 aromatic rings. The van der Waals surface area contributed by atoms with Crippen LogP contribution in [-0.2, 0) is 4.79 Å². The number of nitrogens with two attached hydrogens (primary N) is 1. The molecule has 0 aliphatic carbocycles. The molecule has 0 radical (unpaired) electrons. The van der Waals surface area contributed by atoms with Gasteiger partial charge in [0.15, 0.2) is 0 Å². The van der Waals surface area contributed by atoms with E-state index in [4.69, 9.17) is 5.73 Å². The molecule has 0 heterocycles. The second kappa shape index (κ2) is 26.5. The van der Waals surface area contributed by atoms with Crippen molar-refractivity contribution in [2.75, 3.05) is 13.1 Å². The van der Waals surface area contributed by atoms with Gasteiger partial charge in [0, 0.05) is 13.0 Å². The maximum absolute atomic E-state index is 11.7. The summed E-state index contributed by atoms with van der Waals surface area (Å²) in [6.07, 6.45) is 30.6. The van der Waals surface area contributed by atoms with E-state index in [1.165, 1.54) is 122 Å². The smallest absolute Gasteiger partial charge is 0.219 e. The van der Waals surface area contributed by atoms with Crippen LogP contribution in [0.4, 0.5) is 0 Å². The Morgan fingerprint density at radius 3 is 1.27 bits per heavy atom. The third-order valence-electron chi connectivity index (χ3n) is 6.21. The molecule has 0 saturated heterocycles. The molecule has 180 valence electrons. The fourth-order valence-electron chi connectivity index (χ4n) is 4.13. The molecular weight excluding hydrogens is 368 g/mol. The number of carbonyl (C=O) groups excluding carboxylic acids is 1. The van der Waals surface area contributed by atoms with Gasteiger partial charge in [-0.05, 0) is 25.8 Å². The average Bonchev–Trinajstić information content (AvgIpc) is 2.75. The molecule has 0 bridgehead atoms. The van der Waals surface area contributed by atoms with Crippen LogP contribution in [0, 0.1) is 0 Å². The van der Waals surface area contributed by atoms with Crippen LogP contribution in [0.2, 0.25) is 0 Å². The van der Waals surface area contributed by atoms with Crippen LogP contribution < -0.4 is 11.1 Å². The molecule has 0 unspecified atom stereocenters. The molecule has 1 amide bonds. The Bertz CT molecular complexity index is 333. The summed E-state index contributed by atoms with van der Waals surface area (Å²) < 4.78 is 0. The van der Waals surface area contributed by atoms with Crippen LogP contribution in [0.25, 0.3) is 0 Å². The number of amides is 1. The predicted molar refractivity (Wildman–Crippen MR) is 134 cm³/mol. The first kappa shape index (κ1) is 29.4. The first-order chi connectivity index (χ1) is 14.8. The van der Waals surface area contributed by atoms with Gasteiger partial charge in [-0.2, -0.15) is 0 Å². The summed E-state index contributed by atoms with van der Waals surface area (Å²) in [5.41, 5.74) is 5.45. The van der Waals surface area contributed by atoms with Gasteiger partial charge in [0.05, 0.1) is 0 Å². The Morgan fingerprint density at radius 1 is 0.533 bits per heavy atom. The highest BCUT2D eigenvalue weighted by atomic mass is 16.1. The predicted octanol–water partition coefficient (Wildman–Crippen LogP) is 8.05. The summed E-state index contributed by atoms with van der Waals surface area (Å²) in [6.45, 7) is 3.80. The van der Waals surface area contributed by atoms with Gasteiger partial charge >= 0.3 is 0 Å². The number of hydrogen-bond acceptors (Lipinski definition) is 2. The fraction of sp³-hybridized carbons (Fsp3) is 0.963. The van der Waals surface area contributed by atoms with E-state index in [1.807, 2.05) is 0 Å². The zero-order valence-electron chi connectivity index (χ0n) is 20.7. The van der Waals surface area contributed by atoms with E-state index in [0.29, 0.717) is 6.42 Å². The lowest BCUT2D eigenvalue weighted by Crippen LogP contribution is -2.24. The van der Waals surface area contributed by atoms with Gasteiger partial charge in [-0.15, -0.1) is 0 Å². The standard InChI is InChI=1S/C27H56N2O/c1-2-3-4-5-6-7-8-9-10-11-12-13-14-15-16-17-18-19-20-21-24-27(30)29-26-23-22-25-28/h2-26,28H2,1H3,(H,29,30). The molecule has 0 aliphatic heterocycles. The lowest BCUT2D eigenvalue weighted by atomic mass is 10.0. The third-order valence-corrected chi connectivity index (χ3v) is 6.21. The van der Waals surface area contributed by atoms with Crippen LogP contribution in [0.3, 0.4) is 0 Å². The molecule has 0 aromatic carbocycles. The molecule has 30 heavy (non-hydrogen) atoms. The average molecular weight is 425 g/mol. The molecule has 3 N–H and O–H groups in total. The number of rotatable bonds is 25. The summed E-state index contributed by atoms with van der Waals surface area (Å²) in [5.74, 6) is 0.217. The van der Waals surface area contributed by atoms with Crippen molar-refractivity contribution in [2.45, 2.75) is 155 Å². The van der Waals surface area contributed by atoms with Crippen molar-refractivity contribution in [3.05, 3.63) is 0 Å². The third kappa shape index (κ3) is 25.5.